The van der Waals surface area contributed by atoms with Crippen LogP contribution in [0.2, 0.25) is 0 Å². The zero-order valence-corrected chi connectivity index (χ0v) is 10.4. The molecule has 0 aromatic rings. The van der Waals surface area contributed by atoms with E-state index in [9.17, 15) is 4.79 Å². The first-order chi connectivity index (χ1) is 7.65. The largest absolute Gasteiger partial charge is 0.376 e. The lowest BCUT2D eigenvalue weighted by Gasteiger charge is -2.25. The summed E-state index contributed by atoms with van der Waals surface area (Å²) in [6.45, 7) is 2.61. The van der Waals surface area contributed by atoms with Gasteiger partial charge in [-0.3, -0.25) is 4.79 Å². The summed E-state index contributed by atoms with van der Waals surface area (Å²) >= 11 is 0. The van der Waals surface area contributed by atoms with Crippen LogP contribution in [0.1, 0.15) is 39.0 Å². The van der Waals surface area contributed by atoms with E-state index in [-0.39, 0.29) is 12.0 Å². The molecule has 0 saturated heterocycles. The summed E-state index contributed by atoms with van der Waals surface area (Å²) in [6, 6.07) is -0.561. The second-order valence-electron chi connectivity index (χ2n) is 4.68. The van der Waals surface area contributed by atoms with Gasteiger partial charge in [0.05, 0.1) is 6.10 Å². The molecule has 0 spiro atoms. The predicted octanol–water partition coefficient (Wildman–Crippen LogP) is 1.05. The minimum atomic E-state index is -0.561. The van der Waals surface area contributed by atoms with Gasteiger partial charge in [-0.1, -0.05) is 19.3 Å². The third-order valence-electron chi connectivity index (χ3n) is 3.37. The number of carbonyl (C=O) groups is 1. The van der Waals surface area contributed by atoms with Gasteiger partial charge in [0.1, 0.15) is 6.04 Å². The number of amides is 1. The SMILES string of the molecule is CNC(=O)C(N)C(C)OCC1CCCCC1. The van der Waals surface area contributed by atoms with Crippen LogP contribution in [0, 0.1) is 5.92 Å². The highest BCUT2D eigenvalue weighted by Gasteiger charge is 2.22. The Balaban J connectivity index is 2.22. The van der Waals surface area contributed by atoms with Crippen molar-refractivity contribution in [2.45, 2.75) is 51.2 Å². The highest BCUT2D eigenvalue weighted by atomic mass is 16.5. The van der Waals surface area contributed by atoms with Crippen LogP contribution in [-0.2, 0) is 9.53 Å². The molecule has 1 aliphatic carbocycles. The predicted molar refractivity (Wildman–Crippen MR) is 64.0 cm³/mol. The lowest BCUT2D eigenvalue weighted by atomic mass is 9.90. The molecule has 3 N–H and O–H groups in total. The summed E-state index contributed by atoms with van der Waals surface area (Å²) in [5, 5.41) is 2.54. The maximum absolute atomic E-state index is 11.3. The second-order valence-corrected chi connectivity index (χ2v) is 4.68. The Labute approximate surface area is 97.9 Å². The van der Waals surface area contributed by atoms with Crippen LogP contribution in [0.5, 0.6) is 0 Å². The van der Waals surface area contributed by atoms with Crippen LogP contribution in [-0.4, -0.2) is 31.7 Å². The lowest BCUT2D eigenvalue weighted by molar-refractivity contribution is -0.125. The quantitative estimate of drug-likeness (QED) is 0.739. The molecule has 0 aliphatic heterocycles. The van der Waals surface area contributed by atoms with Crippen LogP contribution in [0.15, 0.2) is 0 Å². The van der Waals surface area contributed by atoms with E-state index in [0.29, 0.717) is 5.92 Å². The van der Waals surface area contributed by atoms with Gasteiger partial charge >= 0.3 is 0 Å². The van der Waals surface area contributed by atoms with Gasteiger partial charge in [-0.15, -0.1) is 0 Å². The molecule has 1 saturated carbocycles. The molecule has 1 fully saturated rings. The Morgan fingerprint density at radius 3 is 2.62 bits per heavy atom. The zero-order valence-electron chi connectivity index (χ0n) is 10.4. The molecule has 0 radical (unpaired) electrons. The fourth-order valence-electron chi connectivity index (χ4n) is 2.13. The number of ether oxygens (including phenoxy) is 1. The highest BCUT2D eigenvalue weighted by Crippen LogP contribution is 2.24. The maximum atomic E-state index is 11.3. The fourth-order valence-corrected chi connectivity index (χ4v) is 2.13. The van der Waals surface area contributed by atoms with Crippen molar-refractivity contribution in [3.8, 4) is 0 Å². The molecule has 2 unspecified atom stereocenters. The molecule has 16 heavy (non-hydrogen) atoms. The number of likely N-dealkylation sites (N-methyl/N-ethyl adjacent to an activating group) is 1. The first kappa shape index (κ1) is 13.5. The van der Waals surface area contributed by atoms with Gasteiger partial charge < -0.3 is 15.8 Å². The van der Waals surface area contributed by atoms with E-state index in [1.54, 1.807) is 7.05 Å². The normalized spacial score (nSPS) is 21.4. The molecule has 1 rings (SSSR count). The molecular formula is C12H24N2O2. The molecule has 0 aromatic carbocycles. The topological polar surface area (TPSA) is 64.4 Å². The minimum Gasteiger partial charge on any atom is -0.376 e. The summed E-state index contributed by atoms with van der Waals surface area (Å²) < 4.78 is 5.68. The standard InChI is InChI=1S/C12H24N2O2/c1-9(11(13)12(15)14-2)16-8-10-6-4-3-5-7-10/h9-11H,3-8,13H2,1-2H3,(H,14,15). The first-order valence-electron chi connectivity index (χ1n) is 6.24. The average Bonchev–Trinajstić information content (AvgIpc) is 2.35. The van der Waals surface area contributed by atoms with E-state index in [1.807, 2.05) is 6.92 Å². The van der Waals surface area contributed by atoms with Gasteiger partial charge in [-0.2, -0.15) is 0 Å². The maximum Gasteiger partial charge on any atom is 0.239 e. The summed E-state index contributed by atoms with van der Waals surface area (Å²) in [7, 11) is 1.59. The second kappa shape index (κ2) is 6.86. The van der Waals surface area contributed by atoms with Gasteiger partial charge in [0.25, 0.3) is 0 Å². The van der Waals surface area contributed by atoms with Gasteiger partial charge in [0.15, 0.2) is 0 Å². The lowest BCUT2D eigenvalue weighted by Crippen LogP contribution is -2.47. The van der Waals surface area contributed by atoms with E-state index in [4.69, 9.17) is 10.5 Å². The monoisotopic (exact) mass is 228 g/mol. The first-order valence-corrected chi connectivity index (χ1v) is 6.24. The van der Waals surface area contributed by atoms with Crippen molar-refractivity contribution in [2.75, 3.05) is 13.7 Å². The summed E-state index contributed by atoms with van der Waals surface area (Å²) in [6.07, 6.45) is 6.27. The zero-order chi connectivity index (χ0) is 12.0. The Hall–Kier alpha value is -0.610. The van der Waals surface area contributed by atoms with Crippen molar-refractivity contribution in [3.63, 3.8) is 0 Å². The number of nitrogens with two attached hydrogens (primary N) is 1. The molecule has 1 amide bonds. The van der Waals surface area contributed by atoms with E-state index >= 15 is 0 Å². The van der Waals surface area contributed by atoms with Crippen LogP contribution in [0.4, 0.5) is 0 Å². The Kier molecular flexibility index (Phi) is 5.77. The van der Waals surface area contributed by atoms with Crippen LogP contribution in [0.25, 0.3) is 0 Å². The number of nitrogens with one attached hydrogen (secondary N) is 1. The number of rotatable bonds is 5. The summed E-state index contributed by atoms with van der Waals surface area (Å²) in [5.74, 6) is 0.504. The van der Waals surface area contributed by atoms with Crippen molar-refractivity contribution in [3.05, 3.63) is 0 Å². The van der Waals surface area contributed by atoms with E-state index < -0.39 is 6.04 Å². The molecule has 2 atom stereocenters. The van der Waals surface area contributed by atoms with E-state index in [0.717, 1.165) is 6.61 Å². The van der Waals surface area contributed by atoms with Gasteiger partial charge in [-0.05, 0) is 25.7 Å². The molecular weight excluding hydrogens is 204 g/mol. The Bertz CT molecular complexity index is 215. The van der Waals surface area contributed by atoms with Crippen molar-refractivity contribution >= 4 is 5.91 Å². The van der Waals surface area contributed by atoms with Crippen molar-refractivity contribution < 1.29 is 9.53 Å². The Morgan fingerprint density at radius 1 is 1.44 bits per heavy atom. The summed E-state index contributed by atoms with van der Waals surface area (Å²) in [4.78, 5) is 11.3. The van der Waals surface area contributed by atoms with Crippen LogP contribution in [0.3, 0.4) is 0 Å². The van der Waals surface area contributed by atoms with Crippen molar-refractivity contribution in [1.29, 1.82) is 0 Å². The number of carbonyl (C=O) groups excluding carboxylic acids is 1. The third-order valence-corrected chi connectivity index (χ3v) is 3.37. The highest BCUT2D eigenvalue weighted by molar-refractivity contribution is 5.81. The van der Waals surface area contributed by atoms with Crippen LogP contribution < -0.4 is 11.1 Å². The van der Waals surface area contributed by atoms with Crippen molar-refractivity contribution in [1.82, 2.24) is 5.32 Å². The number of hydrogen-bond acceptors (Lipinski definition) is 3. The van der Waals surface area contributed by atoms with E-state index in [1.165, 1.54) is 32.1 Å². The van der Waals surface area contributed by atoms with Crippen molar-refractivity contribution in [2.24, 2.45) is 11.7 Å². The van der Waals surface area contributed by atoms with Crippen LogP contribution >= 0.6 is 0 Å². The van der Waals surface area contributed by atoms with E-state index in [2.05, 4.69) is 5.32 Å². The van der Waals surface area contributed by atoms with Gasteiger partial charge in [0, 0.05) is 13.7 Å². The van der Waals surface area contributed by atoms with Gasteiger partial charge in [0.2, 0.25) is 5.91 Å². The molecule has 0 heterocycles. The molecule has 94 valence electrons. The molecule has 1 aliphatic rings. The summed E-state index contributed by atoms with van der Waals surface area (Å²) in [5.41, 5.74) is 5.75. The molecule has 4 heteroatoms. The molecule has 4 nitrogen and oxygen atoms in total. The smallest absolute Gasteiger partial charge is 0.239 e. The minimum absolute atomic E-state index is 0.156. The third kappa shape index (κ3) is 4.10. The Morgan fingerprint density at radius 2 is 2.06 bits per heavy atom. The fraction of sp³-hybridized carbons (Fsp3) is 0.917. The average molecular weight is 228 g/mol. The molecule has 0 bridgehead atoms. The van der Waals surface area contributed by atoms with Gasteiger partial charge in [-0.25, -0.2) is 0 Å². The number of hydrogen-bond donors (Lipinski definition) is 2. The molecule has 0 aromatic heterocycles.